The number of Topliss-reactive ketones (excluding diaryl/α,β-unsaturated/α-hetero) is 2. The zero-order valence-corrected chi connectivity index (χ0v) is 13.5. The molecule has 124 valence electrons. The Kier molecular flexibility index (Phi) is 5.84. The highest BCUT2D eigenvalue weighted by Crippen LogP contribution is 2.19. The van der Waals surface area contributed by atoms with Gasteiger partial charge >= 0.3 is 5.97 Å². The lowest BCUT2D eigenvalue weighted by atomic mass is 9.91. The first kappa shape index (κ1) is 17.4. The van der Waals surface area contributed by atoms with Crippen molar-refractivity contribution in [2.75, 3.05) is 14.2 Å². The van der Waals surface area contributed by atoms with Crippen LogP contribution in [0.5, 0.6) is 5.75 Å². The lowest BCUT2D eigenvalue weighted by Crippen LogP contribution is -2.28. The van der Waals surface area contributed by atoms with Gasteiger partial charge in [0, 0.05) is 17.5 Å². The molecule has 0 radical (unpaired) electrons. The summed E-state index contributed by atoms with van der Waals surface area (Å²) >= 11 is 0. The van der Waals surface area contributed by atoms with Crippen LogP contribution in [0.2, 0.25) is 0 Å². The number of methoxy groups -OCH3 is 2. The van der Waals surface area contributed by atoms with Crippen molar-refractivity contribution in [2.45, 2.75) is 6.42 Å². The summed E-state index contributed by atoms with van der Waals surface area (Å²) < 4.78 is 9.74. The molecule has 0 aliphatic carbocycles. The molecule has 0 aromatic heterocycles. The number of hydrogen-bond donors (Lipinski definition) is 0. The summed E-state index contributed by atoms with van der Waals surface area (Å²) in [5, 5.41) is 0. The summed E-state index contributed by atoms with van der Waals surface area (Å²) in [7, 11) is 2.72. The molecule has 1 atom stereocenters. The molecule has 24 heavy (non-hydrogen) atoms. The fraction of sp³-hybridized carbons (Fsp3) is 0.211. The van der Waals surface area contributed by atoms with E-state index < -0.39 is 17.7 Å². The average molecular weight is 326 g/mol. The number of rotatable bonds is 7. The third kappa shape index (κ3) is 4.07. The van der Waals surface area contributed by atoms with E-state index in [9.17, 15) is 14.4 Å². The smallest absolute Gasteiger partial charge is 0.317 e. The minimum Gasteiger partial charge on any atom is -0.497 e. The summed E-state index contributed by atoms with van der Waals surface area (Å²) in [6.07, 6.45) is -0.235. The number of carbonyl (C=O) groups excluding carboxylic acids is 3. The van der Waals surface area contributed by atoms with Gasteiger partial charge in [0.1, 0.15) is 11.7 Å². The van der Waals surface area contributed by atoms with E-state index in [1.165, 1.54) is 14.2 Å². The summed E-state index contributed by atoms with van der Waals surface area (Å²) in [5.41, 5.74) is 0.779. The maximum atomic E-state index is 12.6. The summed E-state index contributed by atoms with van der Waals surface area (Å²) in [6, 6.07) is 14.9. The molecule has 0 aliphatic heterocycles. The molecule has 0 aliphatic rings. The van der Waals surface area contributed by atoms with Crippen molar-refractivity contribution in [1.82, 2.24) is 0 Å². The van der Waals surface area contributed by atoms with Crippen LogP contribution < -0.4 is 4.74 Å². The first-order valence-corrected chi connectivity index (χ1v) is 7.41. The molecule has 0 N–H and O–H groups in total. The first-order chi connectivity index (χ1) is 11.6. The fourth-order valence-corrected chi connectivity index (χ4v) is 2.31. The zero-order valence-electron chi connectivity index (χ0n) is 13.5. The van der Waals surface area contributed by atoms with Crippen LogP contribution in [0.4, 0.5) is 0 Å². The fourth-order valence-electron chi connectivity index (χ4n) is 2.31. The van der Waals surface area contributed by atoms with E-state index in [-0.39, 0.29) is 12.2 Å². The van der Waals surface area contributed by atoms with Crippen molar-refractivity contribution >= 4 is 17.5 Å². The molecular weight excluding hydrogens is 308 g/mol. The number of ether oxygens (including phenoxy) is 2. The van der Waals surface area contributed by atoms with Gasteiger partial charge in [-0.3, -0.25) is 14.4 Å². The third-order valence-corrected chi connectivity index (χ3v) is 3.66. The maximum Gasteiger partial charge on any atom is 0.317 e. The number of benzene rings is 2. The Morgan fingerprint density at radius 2 is 1.50 bits per heavy atom. The molecule has 2 aromatic carbocycles. The Labute approximate surface area is 140 Å². The van der Waals surface area contributed by atoms with Crippen LogP contribution in [0.3, 0.4) is 0 Å². The Balaban J connectivity index is 2.22. The molecule has 1 unspecified atom stereocenters. The van der Waals surface area contributed by atoms with Crippen LogP contribution in [-0.2, 0) is 9.53 Å². The van der Waals surface area contributed by atoms with Crippen LogP contribution >= 0.6 is 0 Å². The van der Waals surface area contributed by atoms with Gasteiger partial charge in [0.2, 0.25) is 0 Å². The second-order valence-electron chi connectivity index (χ2n) is 5.16. The van der Waals surface area contributed by atoms with Gasteiger partial charge in [-0.2, -0.15) is 0 Å². The molecule has 0 bridgehead atoms. The van der Waals surface area contributed by atoms with E-state index in [4.69, 9.17) is 9.47 Å². The molecule has 5 heteroatoms. The highest BCUT2D eigenvalue weighted by Gasteiger charge is 2.31. The SMILES string of the molecule is COC(=O)C(CC(=O)c1ccccc1)C(=O)c1ccc(OC)cc1. The number of esters is 1. The molecule has 0 amide bonds. The Morgan fingerprint density at radius 1 is 0.875 bits per heavy atom. The Morgan fingerprint density at radius 3 is 2.04 bits per heavy atom. The van der Waals surface area contributed by atoms with Crippen molar-refractivity contribution in [3.8, 4) is 5.75 Å². The van der Waals surface area contributed by atoms with Crippen LogP contribution in [0.25, 0.3) is 0 Å². The average Bonchev–Trinajstić information content (AvgIpc) is 2.65. The van der Waals surface area contributed by atoms with E-state index >= 15 is 0 Å². The van der Waals surface area contributed by atoms with E-state index in [2.05, 4.69) is 0 Å². The lowest BCUT2D eigenvalue weighted by molar-refractivity contribution is -0.143. The van der Waals surface area contributed by atoms with E-state index in [1.807, 2.05) is 0 Å². The van der Waals surface area contributed by atoms with Gasteiger partial charge in [0.25, 0.3) is 0 Å². The third-order valence-electron chi connectivity index (χ3n) is 3.66. The molecule has 2 rings (SSSR count). The van der Waals surface area contributed by atoms with Crippen LogP contribution in [-0.4, -0.2) is 31.8 Å². The Bertz CT molecular complexity index is 719. The standard InChI is InChI=1S/C19H18O5/c1-23-15-10-8-14(9-11-15)18(21)16(19(22)24-2)12-17(20)13-6-4-3-5-7-13/h3-11,16H,12H2,1-2H3. The van der Waals surface area contributed by atoms with Crippen molar-refractivity contribution in [3.05, 3.63) is 65.7 Å². The van der Waals surface area contributed by atoms with Crippen LogP contribution in [0, 0.1) is 5.92 Å². The summed E-state index contributed by atoms with van der Waals surface area (Å²) in [6.45, 7) is 0. The summed E-state index contributed by atoms with van der Waals surface area (Å²) in [4.78, 5) is 36.9. The molecule has 0 heterocycles. The Hall–Kier alpha value is -2.95. The zero-order chi connectivity index (χ0) is 17.5. The molecule has 0 saturated heterocycles. The van der Waals surface area contributed by atoms with Gasteiger partial charge < -0.3 is 9.47 Å². The highest BCUT2D eigenvalue weighted by molar-refractivity contribution is 6.12. The monoisotopic (exact) mass is 326 g/mol. The van der Waals surface area contributed by atoms with E-state index in [0.29, 0.717) is 16.9 Å². The van der Waals surface area contributed by atoms with Gasteiger partial charge in [0.15, 0.2) is 11.6 Å². The van der Waals surface area contributed by atoms with Crippen molar-refractivity contribution in [1.29, 1.82) is 0 Å². The van der Waals surface area contributed by atoms with Crippen LogP contribution in [0.15, 0.2) is 54.6 Å². The van der Waals surface area contributed by atoms with Gasteiger partial charge in [-0.25, -0.2) is 0 Å². The second kappa shape index (κ2) is 8.06. The second-order valence-corrected chi connectivity index (χ2v) is 5.16. The van der Waals surface area contributed by atoms with Gasteiger partial charge in [-0.15, -0.1) is 0 Å². The van der Waals surface area contributed by atoms with E-state index in [0.717, 1.165) is 0 Å². The van der Waals surface area contributed by atoms with Gasteiger partial charge in [0.05, 0.1) is 14.2 Å². The maximum absolute atomic E-state index is 12.6. The molecular formula is C19H18O5. The summed E-state index contributed by atoms with van der Waals surface area (Å²) in [5.74, 6) is -2.03. The van der Waals surface area contributed by atoms with Crippen molar-refractivity contribution in [2.24, 2.45) is 5.92 Å². The molecule has 0 fully saturated rings. The lowest BCUT2D eigenvalue weighted by Gasteiger charge is -2.13. The molecule has 2 aromatic rings. The largest absolute Gasteiger partial charge is 0.497 e. The minimum absolute atomic E-state index is 0.235. The molecule has 0 saturated carbocycles. The van der Waals surface area contributed by atoms with Gasteiger partial charge in [-0.1, -0.05) is 30.3 Å². The minimum atomic E-state index is -1.17. The molecule has 0 spiro atoms. The van der Waals surface area contributed by atoms with Crippen molar-refractivity contribution in [3.63, 3.8) is 0 Å². The quantitative estimate of drug-likeness (QED) is 0.444. The number of ketones is 2. The van der Waals surface area contributed by atoms with Crippen LogP contribution in [0.1, 0.15) is 27.1 Å². The molecule has 5 nitrogen and oxygen atoms in total. The first-order valence-electron chi connectivity index (χ1n) is 7.41. The predicted molar refractivity (Wildman–Crippen MR) is 88.2 cm³/mol. The van der Waals surface area contributed by atoms with Crippen molar-refractivity contribution < 1.29 is 23.9 Å². The van der Waals surface area contributed by atoms with Gasteiger partial charge in [-0.05, 0) is 24.3 Å². The number of carbonyl (C=O) groups is 3. The normalized spacial score (nSPS) is 11.4. The number of hydrogen-bond acceptors (Lipinski definition) is 5. The van der Waals surface area contributed by atoms with E-state index in [1.54, 1.807) is 54.6 Å². The predicted octanol–water partition coefficient (Wildman–Crippen LogP) is 2.94. The highest BCUT2D eigenvalue weighted by atomic mass is 16.5. The topological polar surface area (TPSA) is 69.7 Å².